The molecule has 8 nitrogen and oxygen atoms in total. The molecule has 21 heavy (non-hydrogen) atoms. The van der Waals surface area contributed by atoms with Gasteiger partial charge in [0.05, 0.1) is 0 Å². The lowest BCUT2D eigenvalue weighted by Crippen LogP contribution is -2.61. The molecule has 9 heteroatoms. The van der Waals surface area contributed by atoms with E-state index in [-0.39, 0.29) is 0 Å². The molecule has 120 valence electrons. The van der Waals surface area contributed by atoms with Crippen LogP contribution in [0.2, 0.25) is 0 Å². The van der Waals surface area contributed by atoms with E-state index >= 15 is 0 Å². The van der Waals surface area contributed by atoms with Crippen LogP contribution in [0.15, 0.2) is 0 Å². The zero-order chi connectivity index (χ0) is 16.2. The van der Waals surface area contributed by atoms with Crippen molar-refractivity contribution >= 4 is 40.5 Å². The summed E-state index contributed by atoms with van der Waals surface area (Å²) in [7, 11) is 0. The minimum Gasteiger partial charge on any atom is -0.456 e. The summed E-state index contributed by atoms with van der Waals surface area (Å²) in [6.07, 6.45) is -5.56. The molecule has 0 radical (unpaired) electrons. The summed E-state index contributed by atoms with van der Waals surface area (Å²) in [4.78, 5) is 33.6. The molecule has 0 aromatic rings. The molecule has 5 atom stereocenters. The Balaban J connectivity index is 3.08. The summed E-state index contributed by atoms with van der Waals surface area (Å²) < 4.78 is 20.8. The van der Waals surface area contributed by atoms with E-state index < -0.39 is 48.6 Å². The molecule has 0 aromatic heterocycles. The number of carbonyl (C=O) groups excluding carboxylic acids is 3. The summed E-state index contributed by atoms with van der Waals surface area (Å²) in [5.41, 5.74) is 0. The molecule has 0 aliphatic carbocycles. The predicted molar refractivity (Wildman–Crippen MR) is 76.4 cm³/mol. The maximum Gasteiger partial charge on any atom is 0.303 e. The number of aliphatic hydroxyl groups excluding tert-OH is 1. The average molecular weight is 416 g/mol. The molecule has 1 aliphatic rings. The maximum absolute atomic E-state index is 11.2. The van der Waals surface area contributed by atoms with Crippen LogP contribution in [-0.2, 0) is 33.3 Å². The summed E-state index contributed by atoms with van der Waals surface area (Å²) in [5.74, 6) is -1.95. The monoisotopic (exact) mass is 416 g/mol. The van der Waals surface area contributed by atoms with Crippen LogP contribution in [0.25, 0.3) is 0 Å². The van der Waals surface area contributed by atoms with Crippen molar-refractivity contribution in [2.75, 3.05) is 4.43 Å². The number of esters is 3. The van der Waals surface area contributed by atoms with Crippen LogP contribution < -0.4 is 0 Å². The van der Waals surface area contributed by atoms with Crippen molar-refractivity contribution in [2.45, 2.75) is 51.5 Å². The molecule has 1 N–H and O–H groups in total. The molecule has 0 bridgehead atoms. The SMILES string of the molecule is CC(=O)O[C@@H]1[C@@H](OC(C)=O)[C@@H](O)O[C@H](CI)[C@H]1OC(C)=O. The first kappa shape index (κ1) is 18.1. The molecule has 0 aromatic carbocycles. The highest BCUT2D eigenvalue weighted by atomic mass is 127. The van der Waals surface area contributed by atoms with Crippen LogP contribution in [0.5, 0.6) is 0 Å². The molecule has 1 saturated heterocycles. The van der Waals surface area contributed by atoms with Crippen molar-refractivity contribution < 1.29 is 38.4 Å². The first-order valence-corrected chi connectivity index (χ1v) is 7.70. The molecule has 0 amide bonds. The third-order valence-electron chi connectivity index (χ3n) is 2.67. The van der Waals surface area contributed by atoms with Gasteiger partial charge in [0.2, 0.25) is 0 Å². The number of carbonyl (C=O) groups is 3. The van der Waals surface area contributed by atoms with Gasteiger partial charge >= 0.3 is 17.9 Å². The molecule has 1 rings (SSSR count). The number of halogens is 1. The van der Waals surface area contributed by atoms with Crippen LogP contribution >= 0.6 is 22.6 Å². The number of hydrogen-bond donors (Lipinski definition) is 1. The lowest BCUT2D eigenvalue weighted by atomic mass is 9.99. The Morgan fingerprint density at radius 3 is 1.81 bits per heavy atom. The Bertz CT molecular complexity index is 412. The molecule has 1 heterocycles. The minimum absolute atomic E-state index is 0.372. The number of alkyl halides is 1. The Morgan fingerprint density at radius 1 is 0.952 bits per heavy atom. The largest absolute Gasteiger partial charge is 0.456 e. The second kappa shape index (κ2) is 7.90. The van der Waals surface area contributed by atoms with E-state index in [4.69, 9.17) is 18.9 Å². The molecule has 0 spiro atoms. The van der Waals surface area contributed by atoms with E-state index in [0.717, 1.165) is 13.8 Å². The first-order valence-electron chi connectivity index (χ1n) is 6.17. The lowest BCUT2D eigenvalue weighted by molar-refractivity contribution is -0.286. The van der Waals surface area contributed by atoms with Crippen molar-refractivity contribution in [1.82, 2.24) is 0 Å². The first-order chi connectivity index (χ1) is 9.76. The van der Waals surface area contributed by atoms with Gasteiger partial charge in [-0.2, -0.15) is 0 Å². The third kappa shape index (κ3) is 5.08. The second-order valence-corrected chi connectivity index (χ2v) is 5.32. The van der Waals surface area contributed by atoms with Gasteiger partial charge < -0.3 is 24.1 Å². The molecule has 1 fully saturated rings. The topological polar surface area (TPSA) is 108 Å². The van der Waals surface area contributed by atoms with Gasteiger partial charge in [-0.25, -0.2) is 0 Å². The van der Waals surface area contributed by atoms with Crippen molar-refractivity contribution in [2.24, 2.45) is 0 Å². The van der Waals surface area contributed by atoms with E-state index in [1.165, 1.54) is 6.92 Å². The summed E-state index contributed by atoms with van der Waals surface area (Å²) in [5, 5.41) is 9.92. The molecule has 0 saturated carbocycles. The van der Waals surface area contributed by atoms with Gasteiger partial charge in [0, 0.05) is 25.2 Å². The van der Waals surface area contributed by atoms with Crippen LogP contribution in [0.3, 0.4) is 0 Å². The predicted octanol–water partition coefficient (Wildman–Crippen LogP) is -0.0663. The number of rotatable bonds is 4. The van der Waals surface area contributed by atoms with Gasteiger partial charge in [0.25, 0.3) is 0 Å². The number of aliphatic hydroxyl groups is 1. The fraction of sp³-hybridized carbons (Fsp3) is 0.750. The maximum atomic E-state index is 11.2. The fourth-order valence-electron chi connectivity index (χ4n) is 2.00. The lowest BCUT2D eigenvalue weighted by Gasteiger charge is -2.42. The molecular weight excluding hydrogens is 399 g/mol. The van der Waals surface area contributed by atoms with Crippen molar-refractivity contribution in [3.05, 3.63) is 0 Å². The quantitative estimate of drug-likeness (QED) is 0.294. The van der Waals surface area contributed by atoms with Crippen LogP contribution in [-0.4, -0.2) is 58.1 Å². The number of hydrogen-bond acceptors (Lipinski definition) is 8. The highest BCUT2D eigenvalue weighted by Gasteiger charge is 2.50. The Hall–Kier alpha value is -0.940. The normalized spacial score (nSPS) is 32.1. The minimum atomic E-state index is -1.48. The van der Waals surface area contributed by atoms with E-state index in [0.29, 0.717) is 4.43 Å². The van der Waals surface area contributed by atoms with E-state index in [1.54, 1.807) is 0 Å². The van der Waals surface area contributed by atoms with Gasteiger partial charge in [0.1, 0.15) is 6.10 Å². The fourth-order valence-corrected chi connectivity index (χ4v) is 2.70. The van der Waals surface area contributed by atoms with Crippen LogP contribution in [0, 0.1) is 0 Å². The van der Waals surface area contributed by atoms with E-state index in [2.05, 4.69) is 0 Å². The summed E-state index contributed by atoms with van der Waals surface area (Å²) >= 11 is 1.98. The number of ether oxygens (including phenoxy) is 4. The van der Waals surface area contributed by atoms with Crippen molar-refractivity contribution in [3.63, 3.8) is 0 Å². The van der Waals surface area contributed by atoms with Crippen LogP contribution in [0.4, 0.5) is 0 Å². The van der Waals surface area contributed by atoms with E-state index in [1.807, 2.05) is 22.6 Å². The van der Waals surface area contributed by atoms with Gasteiger partial charge in [-0.15, -0.1) is 0 Å². The van der Waals surface area contributed by atoms with E-state index in [9.17, 15) is 19.5 Å². The smallest absolute Gasteiger partial charge is 0.303 e. The van der Waals surface area contributed by atoms with Crippen molar-refractivity contribution in [3.8, 4) is 0 Å². The average Bonchev–Trinajstić information content (AvgIpc) is 2.35. The summed E-state index contributed by atoms with van der Waals surface area (Å²) in [6.45, 7) is 3.50. The molecular formula is C12H17IO8. The Morgan fingerprint density at radius 2 is 1.38 bits per heavy atom. The molecule has 1 aliphatic heterocycles. The highest BCUT2D eigenvalue weighted by Crippen LogP contribution is 2.28. The molecule has 0 unspecified atom stereocenters. The van der Waals surface area contributed by atoms with Gasteiger partial charge in [-0.3, -0.25) is 14.4 Å². The zero-order valence-electron chi connectivity index (χ0n) is 11.8. The van der Waals surface area contributed by atoms with Gasteiger partial charge in [0.15, 0.2) is 24.6 Å². The summed E-state index contributed by atoms with van der Waals surface area (Å²) in [6, 6.07) is 0. The van der Waals surface area contributed by atoms with Crippen LogP contribution in [0.1, 0.15) is 20.8 Å². The van der Waals surface area contributed by atoms with Gasteiger partial charge in [-0.05, 0) is 0 Å². The zero-order valence-corrected chi connectivity index (χ0v) is 13.9. The third-order valence-corrected chi connectivity index (χ3v) is 3.54. The van der Waals surface area contributed by atoms with Gasteiger partial charge in [-0.1, -0.05) is 22.6 Å². The van der Waals surface area contributed by atoms with Crippen molar-refractivity contribution in [1.29, 1.82) is 0 Å². The second-order valence-electron chi connectivity index (χ2n) is 4.44. The highest BCUT2D eigenvalue weighted by molar-refractivity contribution is 14.1. The Kier molecular flexibility index (Phi) is 6.81. The Labute approximate surface area is 135 Å². The standard InChI is InChI=1S/C12H17IO8/c1-5(14)18-9-8(4-13)21-12(17)11(20-7(3)16)10(9)19-6(2)15/h8-12,17H,4H2,1-3H3/t8-,9-,10+,11-,12+/m1/s1.